The normalized spacial score (nSPS) is 19.3. The highest BCUT2D eigenvalue weighted by Gasteiger charge is 2.42. The van der Waals surface area contributed by atoms with Gasteiger partial charge in [-0.25, -0.2) is 0 Å². The number of ether oxygens (including phenoxy) is 1. The first-order valence-electron chi connectivity index (χ1n) is 7.97. The van der Waals surface area contributed by atoms with Gasteiger partial charge in [-0.15, -0.1) is 0 Å². The standard InChI is InChI=1S/C19H18BrNO2/c20-14-6-7-18-16(12-14)17(22)13-19(23-18)8-10-21(11-9-19)15-4-2-1-3-5-15/h1-7,12H,8-11,13H2. The zero-order valence-electron chi connectivity index (χ0n) is 12.8. The lowest BCUT2D eigenvalue weighted by Gasteiger charge is -2.44. The van der Waals surface area contributed by atoms with Crippen LogP contribution in [0.15, 0.2) is 53.0 Å². The number of ketones is 1. The van der Waals surface area contributed by atoms with E-state index >= 15 is 0 Å². The fraction of sp³-hybridized carbons (Fsp3) is 0.316. The molecule has 2 heterocycles. The van der Waals surface area contributed by atoms with Gasteiger partial charge in [-0.3, -0.25) is 4.79 Å². The summed E-state index contributed by atoms with van der Waals surface area (Å²) in [5.74, 6) is 0.929. The van der Waals surface area contributed by atoms with E-state index in [4.69, 9.17) is 4.74 Å². The first-order valence-corrected chi connectivity index (χ1v) is 8.76. The molecule has 0 aromatic heterocycles. The fourth-order valence-electron chi connectivity index (χ4n) is 3.56. The number of fused-ring (bicyclic) bond motifs is 1. The SMILES string of the molecule is O=C1CC2(CCN(c3ccccc3)CC2)Oc2ccc(Br)cc21. The number of piperidine rings is 1. The van der Waals surface area contributed by atoms with Gasteiger partial charge in [0.05, 0.1) is 12.0 Å². The quantitative estimate of drug-likeness (QED) is 0.741. The molecule has 23 heavy (non-hydrogen) atoms. The maximum absolute atomic E-state index is 12.5. The van der Waals surface area contributed by atoms with Gasteiger partial charge in [0.1, 0.15) is 11.4 Å². The number of carbonyl (C=O) groups excluding carboxylic acids is 1. The van der Waals surface area contributed by atoms with Crippen LogP contribution in [0.5, 0.6) is 5.75 Å². The summed E-state index contributed by atoms with van der Waals surface area (Å²) in [5, 5.41) is 0. The van der Waals surface area contributed by atoms with Gasteiger partial charge in [0.2, 0.25) is 0 Å². The number of hydrogen-bond donors (Lipinski definition) is 0. The van der Waals surface area contributed by atoms with Crippen molar-refractivity contribution in [2.24, 2.45) is 0 Å². The Kier molecular flexibility index (Phi) is 3.64. The molecule has 0 aliphatic carbocycles. The van der Waals surface area contributed by atoms with Crippen molar-refractivity contribution in [1.29, 1.82) is 0 Å². The smallest absolute Gasteiger partial charge is 0.170 e. The van der Waals surface area contributed by atoms with Gasteiger partial charge in [-0.2, -0.15) is 0 Å². The molecule has 0 saturated carbocycles. The van der Waals surface area contributed by atoms with E-state index in [9.17, 15) is 4.79 Å². The average molecular weight is 372 g/mol. The lowest BCUT2D eigenvalue weighted by atomic mass is 9.82. The highest BCUT2D eigenvalue weighted by molar-refractivity contribution is 9.10. The molecule has 2 aromatic rings. The van der Waals surface area contributed by atoms with Crippen LogP contribution < -0.4 is 9.64 Å². The summed E-state index contributed by atoms with van der Waals surface area (Å²) in [6.07, 6.45) is 2.24. The molecular weight excluding hydrogens is 354 g/mol. The summed E-state index contributed by atoms with van der Waals surface area (Å²) in [4.78, 5) is 14.9. The maximum atomic E-state index is 12.5. The molecule has 4 rings (SSSR count). The van der Waals surface area contributed by atoms with E-state index in [-0.39, 0.29) is 11.4 Å². The highest BCUT2D eigenvalue weighted by atomic mass is 79.9. The molecule has 2 aliphatic heterocycles. The van der Waals surface area contributed by atoms with E-state index in [0.29, 0.717) is 12.0 Å². The summed E-state index contributed by atoms with van der Waals surface area (Å²) in [5.41, 5.74) is 1.62. The predicted octanol–water partition coefficient (Wildman–Crippen LogP) is 4.45. The van der Waals surface area contributed by atoms with Crippen LogP contribution in [0.1, 0.15) is 29.6 Å². The molecule has 0 radical (unpaired) electrons. The van der Waals surface area contributed by atoms with Crippen molar-refractivity contribution in [3.05, 3.63) is 58.6 Å². The Morgan fingerprint density at radius 3 is 2.52 bits per heavy atom. The van der Waals surface area contributed by atoms with Crippen molar-refractivity contribution in [2.75, 3.05) is 18.0 Å². The number of halogens is 1. The average Bonchev–Trinajstić information content (AvgIpc) is 2.57. The molecule has 118 valence electrons. The molecule has 1 saturated heterocycles. The monoisotopic (exact) mass is 371 g/mol. The summed E-state index contributed by atoms with van der Waals surface area (Å²) < 4.78 is 7.22. The minimum Gasteiger partial charge on any atom is -0.486 e. The van der Waals surface area contributed by atoms with Gasteiger partial charge in [0.25, 0.3) is 0 Å². The van der Waals surface area contributed by atoms with Crippen molar-refractivity contribution in [3.63, 3.8) is 0 Å². The molecule has 3 nitrogen and oxygen atoms in total. The number of benzene rings is 2. The molecule has 0 unspecified atom stereocenters. The van der Waals surface area contributed by atoms with Crippen LogP contribution in [0.4, 0.5) is 5.69 Å². The molecule has 2 aliphatic rings. The van der Waals surface area contributed by atoms with Crippen LogP contribution >= 0.6 is 15.9 Å². The molecule has 1 spiro atoms. The zero-order chi connectivity index (χ0) is 15.9. The van der Waals surface area contributed by atoms with Gasteiger partial charge in [-0.05, 0) is 30.3 Å². The number of nitrogens with zero attached hydrogens (tertiary/aromatic N) is 1. The molecule has 0 bridgehead atoms. The number of para-hydroxylation sites is 1. The Labute approximate surface area is 144 Å². The third kappa shape index (κ3) is 2.76. The molecular formula is C19H18BrNO2. The lowest BCUT2D eigenvalue weighted by molar-refractivity contribution is 0.0232. The van der Waals surface area contributed by atoms with Crippen molar-refractivity contribution in [3.8, 4) is 5.75 Å². The summed E-state index contributed by atoms with van der Waals surface area (Å²) in [6.45, 7) is 1.84. The Balaban J connectivity index is 1.54. The fourth-order valence-corrected chi connectivity index (χ4v) is 3.92. The summed E-state index contributed by atoms with van der Waals surface area (Å²) >= 11 is 3.42. The van der Waals surface area contributed by atoms with Gasteiger partial charge >= 0.3 is 0 Å². The number of carbonyl (C=O) groups is 1. The van der Waals surface area contributed by atoms with Crippen molar-refractivity contribution in [1.82, 2.24) is 0 Å². The number of Topliss-reactive ketones (excluding diaryl/α,β-unsaturated/α-hetero) is 1. The molecule has 1 fully saturated rings. The second-order valence-electron chi connectivity index (χ2n) is 6.35. The van der Waals surface area contributed by atoms with E-state index in [0.717, 1.165) is 36.2 Å². The number of rotatable bonds is 1. The van der Waals surface area contributed by atoms with Crippen molar-refractivity contribution >= 4 is 27.4 Å². The van der Waals surface area contributed by atoms with Crippen molar-refractivity contribution < 1.29 is 9.53 Å². The second kappa shape index (κ2) is 5.68. The number of hydrogen-bond acceptors (Lipinski definition) is 3. The Morgan fingerprint density at radius 1 is 1.04 bits per heavy atom. The molecule has 0 atom stereocenters. The molecule has 4 heteroatoms. The summed E-state index contributed by atoms with van der Waals surface area (Å²) in [6, 6.07) is 16.1. The third-order valence-electron chi connectivity index (χ3n) is 4.85. The Hall–Kier alpha value is -1.81. The molecule has 0 amide bonds. The van der Waals surface area contributed by atoms with Crippen LogP contribution in [-0.2, 0) is 0 Å². The van der Waals surface area contributed by atoms with Gasteiger partial charge in [0.15, 0.2) is 5.78 Å². The van der Waals surface area contributed by atoms with Crippen LogP contribution in [0.2, 0.25) is 0 Å². The van der Waals surface area contributed by atoms with Crippen LogP contribution in [-0.4, -0.2) is 24.5 Å². The first kappa shape index (κ1) is 14.8. The summed E-state index contributed by atoms with van der Waals surface area (Å²) in [7, 11) is 0. The zero-order valence-corrected chi connectivity index (χ0v) is 14.4. The van der Waals surface area contributed by atoms with Crippen LogP contribution in [0.25, 0.3) is 0 Å². The second-order valence-corrected chi connectivity index (χ2v) is 7.26. The Morgan fingerprint density at radius 2 is 1.78 bits per heavy atom. The maximum Gasteiger partial charge on any atom is 0.170 e. The minimum atomic E-state index is -0.330. The van der Waals surface area contributed by atoms with Gasteiger partial charge in [-0.1, -0.05) is 34.1 Å². The third-order valence-corrected chi connectivity index (χ3v) is 5.34. The van der Waals surface area contributed by atoms with Gasteiger partial charge < -0.3 is 9.64 Å². The topological polar surface area (TPSA) is 29.5 Å². The predicted molar refractivity (Wildman–Crippen MR) is 94.3 cm³/mol. The molecule has 0 N–H and O–H groups in total. The minimum absolute atomic E-state index is 0.195. The largest absolute Gasteiger partial charge is 0.486 e. The van der Waals surface area contributed by atoms with E-state index in [1.807, 2.05) is 24.3 Å². The number of anilines is 1. The van der Waals surface area contributed by atoms with Crippen LogP contribution in [0.3, 0.4) is 0 Å². The van der Waals surface area contributed by atoms with Gasteiger partial charge in [0, 0.05) is 36.1 Å². The van der Waals surface area contributed by atoms with Crippen LogP contribution in [0, 0.1) is 0 Å². The van der Waals surface area contributed by atoms with Crippen molar-refractivity contribution in [2.45, 2.75) is 24.9 Å². The molecule has 2 aromatic carbocycles. The van der Waals surface area contributed by atoms with E-state index in [2.05, 4.69) is 45.1 Å². The van der Waals surface area contributed by atoms with E-state index < -0.39 is 0 Å². The highest BCUT2D eigenvalue weighted by Crippen LogP contribution is 2.40. The lowest BCUT2D eigenvalue weighted by Crippen LogP contribution is -2.51. The first-order chi connectivity index (χ1) is 11.2. The van der Waals surface area contributed by atoms with E-state index in [1.165, 1.54) is 5.69 Å². The van der Waals surface area contributed by atoms with E-state index in [1.54, 1.807) is 0 Å². The Bertz CT molecular complexity index is 736.